The Kier molecular flexibility index (Phi) is 4.67. The molecular weight excluding hydrogens is 174 g/mol. The second-order valence-electron chi connectivity index (χ2n) is 4.07. The zero-order valence-electron chi connectivity index (χ0n) is 8.24. The minimum absolute atomic E-state index is 0.358. The molecule has 0 aromatic carbocycles. The molecule has 0 aliphatic rings. The van der Waals surface area contributed by atoms with Crippen LogP contribution in [0, 0.1) is 5.41 Å². The van der Waals surface area contributed by atoms with Crippen LogP contribution in [0.1, 0.15) is 34.1 Å². The van der Waals surface area contributed by atoms with Crippen molar-refractivity contribution in [1.82, 2.24) is 4.98 Å². The topological polar surface area (TPSA) is 12.0 Å². The predicted molar refractivity (Wildman–Crippen MR) is 55.6 cm³/mol. The minimum atomic E-state index is -1.20. The van der Waals surface area contributed by atoms with Gasteiger partial charge in [-0.1, -0.05) is 34.1 Å². The number of rotatable bonds is 3. The van der Waals surface area contributed by atoms with Crippen LogP contribution in [0.15, 0.2) is 0 Å². The van der Waals surface area contributed by atoms with E-state index < -0.39 is 8.27 Å². The summed E-state index contributed by atoms with van der Waals surface area (Å²) in [4.78, 5) is 3.23. The van der Waals surface area contributed by atoms with Crippen molar-refractivity contribution in [3.8, 4) is 0 Å². The molecule has 0 saturated heterocycles. The lowest BCUT2D eigenvalue weighted by Gasteiger charge is -2.32. The van der Waals surface area contributed by atoms with Crippen LogP contribution in [-0.2, 0) is 0 Å². The van der Waals surface area contributed by atoms with E-state index in [1.807, 2.05) is 7.05 Å². The molecule has 0 saturated carbocycles. The Labute approximate surface area is 76.9 Å². The standard InChI is InChI=1S/C8H20ClNSi/c1-6-7(8(2,3)4)11(9)10-5/h7,10-11H,6H2,1-5H3. The lowest BCUT2D eigenvalue weighted by atomic mass is 9.90. The Bertz CT molecular complexity index is 111. The van der Waals surface area contributed by atoms with Gasteiger partial charge in [0.25, 0.3) is 0 Å². The van der Waals surface area contributed by atoms with Crippen LogP contribution < -0.4 is 4.98 Å². The summed E-state index contributed by atoms with van der Waals surface area (Å²) < 4.78 is 0. The Hall–Kier alpha value is 0.467. The monoisotopic (exact) mass is 193 g/mol. The van der Waals surface area contributed by atoms with Crippen molar-refractivity contribution < 1.29 is 0 Å². The molecule has 0 amide bonds. The molecule has 0 aliphatic carbocycles. The third kappa shape index (κ3) is 3.59. The first-order valence-electron chi connectivity index (χ1n) is 4.24. The van der Waals surface area contributed by atoms with Crippen molar-refractivity contribution in [2.75, 3.05) is 7.05 Å². The maximum Gasteiger partial charge on any atom is 0.214 e. The van der Waals surface area contributed by atoms with Gasteiger partial charge in [0.1, 0.15) is 0 Å². The van der Waals surface area contributed by atoms with Gasteiger partial charge in [0.15, 0.2) is 0 Å². The molecule has 2 unspecified atom stereocenters. The average molecular weight is 194 g/mol. The average Bonchev–Trinajstić information content (AvgIpc) is 1.86. The van der Waals surface area contributed by atoms with Crippen LogP contribution in [0.4, 0.5) is 0 Å². The third-order valence-electron chi connectivity index (χ3n) is 2.18. The van der Waals surface area contributed by atoms with E-state index in [2.05, 4.69) is 32.7 Å². The van der Waals surface area contributed by atoms with Gasteiger partial charge in [-0.3, -0.25) is 0 Å². The second-order valence-corrected chi connectivity index (χ2v) is 7.67. The van der Waals surface area contributed by atoms with Gasteiger partial charge in [-0.05, 0) is 18.0 Å². The molecule has 0 aromatic rings. The first-order chi connectivity index (χ1) is 4.93. The molecule has 0 fully saturated rings. The molecule has 0 aromatic heterocycles. The zero-order chi connectivity index (χ0) is 9.07. The van der Waals surface area contributed by atoms with Crippen LogP contribution in [0.3, 0.4) is 0 Å². The highest BCUT2D eigenvalue weighted by Gasteiger charge is 2.29. The van der Waals surface area contributed by atoms with Gasteiger partial charge in [-0.25, -0.2) is 0 Å². The highest BCUT2D eigenvalue weighted by molar-refractivity contribution is 7.06. The van der Waals surface area contributed by atoms with E-state index in [4.69, 9.17) is 11.1 Å². The summed E-state index contributed by atoms with van der Waals surface area (Å²) in [5.74, 6) is 0. The number of halogens is 1. The van der Waals surface area contributed by atoms with Gasteiger partial charge >= 0.3 is 0 Å². The molecule has 2 atom stereocenters. The summed E-state index contributed by atoms with van der Waals surface area (Å²) in [5, 5.41) is 0. The summed E-state index contributed by atoms with van der Waals surface area (Å²) in [5.41, 5.74) is 1.03. The van der Waals surface area contributed by atoms with Gasteiger partial charge in [-0.2, -0.15) is 11.1 Å². The van der Waals surface area contributed by atoms with E-state index in [-0.39, 0.29) is 0 Å². The summed E-state index contributed by atoms with van der Waals surface area (Å²) in [6.07, 6.45) is 1.19. The van der Waals surface area contributed by atoms with E-state index in [0.717, 1.165) is 0 Å². The molecule has 0 heterocycles. The Morgan fingerprint density at radius 1 is 1.45 bits per heavy atom. The van der Waals surface area contributed by atoms with Crippen LogP contribution in [0.2, 0.25) is 5.54 Å². The van der Waals surface area contributed by atoms with Crippen LogP contribution >= 0.6 is 11.1 Å². The molecule has 68 valence electrons. The molecule has 1 N–H and O–H groups in total. The van der Waals surface area contributed by atoms with Crippen molar-refractivity contribution in [1.29, 1.82) is 0 Å². The molecule has 0 radical (unpaired) electrons. The van der Waals surface area contributed by atoms with Gasteiger partial charge in [-0.15, -0.1) is 0 Å². The first-order valence-corrected chi connectivity index (χ1v) is 7.23. The van der Waals surface area contributed by atoms with Crippen molar-refractivity contribution in [2.45, 2.75) is 39.7 Å². The van der Waals surface area contributed by atoms with E-state index in [1.165, 1.54) is 6.42 Å². The fourth-order valence-electron chi connectivity index (χ4n) is 1.46. The first kappa shape index (κ1) is 11.5. The summed E-state index contributed by atoms with van der Waals surface area (Å²) in [6, 6.07) is 0. The third-order valence-corrected chi connectivity index (χ3v) is 6.48. The smallest absolute Gasteiger partial charge is 0.214 e. The molecule has 0 rings (SSSR count). The van der Waals surface area contributed by atoms with E-state index >= 15 is 0 Å². The number of hydrogen-bond acceptors (Lipinski definition) is 1. The van der Waals surface area contributed by atoms with Crippen molar-refractivity contribution in [3.05, 3.63) is 0 Å². The molecule has 11 heavy (non-hydrogen) atoms. The highest BCUT2D eigenvalue weighted by atomic mass is 35.6. The number of hydrogen-bond donors (Lipinski definition) is 1. The molecular formula is C8H20ClNSi. The van der Waals surface area contributed by atoms with Crippen LogP contribution in [-0.4, -0.2) is 15.3 Å². The highest BCUT2D eigenvalue weighted by Crippen LogP contribution is 2.36. The summed E-state index contributed by atoms with van der Waals surface area (Å²) in [7, 11) is 0.771. The van der Waals surface area contributed by atoms with Gasteiger partial charge in [0.05, 0.1) is 0 Å². The van der Waals surface area contributed by atoms with Crippen molar-refractivity contribution >= 4 is 19.3 Å². The molecule has 1 nitrogen and oxygen atoms in total. The Morgan fingerprint density at radius 3 is 2.00 bits per heavy atom. The molecule has 0 bridgehead atoms. The van der Waals surface area contributed by atoms with Gasteiger partial charge < -0.3 is 4.98 Å². The van der Waals surface area contributed by atoms with Crippen molar-refractivity contribution in [3.63, 3.8) is 0 Å². The lowest BCUT2D eigenvalue weighted by Crippen LogP contribution is -2.36. The Balaban J connectivity index is 4.16. The van der Waals surface area contributed by atoms with E-state index in [9.17, 15) is 0 Å². The van der Waals surface area contributed by atoms with Gasteiger partial charge in [0.2, 0.25) is 8.27 Å². The van der Waals surface area contributed by atoms with Crippen molar-refractivity contribution in [2.24, 2.45) is 5.41 Å². The Morgan fingerprint density at radius 2 is 1.91 bits per heavy atom. The van der Waals surface area contributed by atoms with Crippen LogP contribution in [0.5, 0.6) is 0 Å². The second kappa shape index (κ2) is 4.48. The minimum Gasteiger partial charge on any atom is -0.330 e. The molecule has 0 aliphatic heterocycles. The molecule has 3 heteroatoms. The lowest BCUT2D eigenvalue weighted by molar-refractivity contribution is 0.367. The van der Waals surface area contributed by atoms with Gasteiger partial charge in [0, 0.05) is 0 Å². The van der Waals surface area contributed by atoms with E-state index in [0.29, 0.717) is 11.0 Å². The fraction of sp³-hybridized carbons (Fsp3) is 1.00. The molecule has 0 spiro atoms. The summed E-state index contributed by atoms with van der Waals surface area (Å²) >= 11 is 6.24. The van der Waals surface area contributed by atoms with Crippen LogP contribution in [0.25, 0.3) is 0 Å². The zero-order valence-corrected chi connectivity index (χ0v) is 10.2. The SMILES string of the molecule is CCC([SiH](Cl)NC)C(C)(C)C. The largest absolute Gasteiger partial charge is 0.330 e. The quantitative estimate of drug-likeness (QED) is 0.537. The normalized spacial score (nSPS) is 18.0. The fourth-order valence-corrected chi connectivity index (χ4v) is 4.82. The summed E-state index contributed by atoms with van der Waals surface area (Å²) in [6.45, 7) is 9.01. The van der Waals surface area contributed by atoms with E-state index in [1.54, 1.807) is 0 Å². The predicted octanol–water partition coefficient (Wildman–Crippen LogP) is 2.49. The maximum absolute atomic E-state index is 6.24. The number of nitrogens with one attached hydrogen (secondary N) is 1. The maximum atomic E-state index is 6.24.